The number of aliphatic hydroxyl groups is 1. The van der Waals surface area contributed by atoms with Crippen molar-refractivity contribution in [2.45, 2.75) is 12.5 Å². The molecule has 1 unspecified atom stereocenters. The smallest absolute Gasteiger partial charge is 0.141 e. The van der Waals surface area contributed by atoms with E-state index in [1.54, 1.807) is 12.3 Å². The van der Waals surface area contributed by atoms with E-state index in [0.29, 0.717) is 12.0 Å². The predicted molar refractivity (Wildman–Crippen MR) is 57.1 cm³/mol. The van der Waals surface area contributed by atoms with E-state index < -0.39 is 11.9 Å². The number of halogens is 1. The molecule has 1 N–H and O–H groups in total. The Morgan fingerprint density at radius 1 is 1.31 bits per heavy atom. The van der Waals surface area contributed by atoms with Crippen LogP contribution in [0.3, 0.4) is 0 Å². The van der Waals surface area contributed by atoms with Crippen molar-refractivity contribution < 1.29 is 9.50 Å². The number of pyridine rings is 2. The van der Waals surface area contributed by atoms with E-state index in [4.69, 9.17) is 0 Å². The second kappa shape index (κ2) is 4.81. The van der Waals surface area contributed by atoms with Gasteiger partial charge in [0.25, 0.3) is 0 Å². The van der Waals surface area contributed by atoms with Gasteiger partial charge < -0.3 is 5.11 Å². The molecule has 3 nitrogen and oxygen atoms in total. The summed E-state index contributed by atoms with van der Waals surface area (Å²) in [5, 5.41) is 9.85. The number of nitrogens with zero attached hydrogens (tertiary/aromatic N) is 2. The summed E-state index contributed by atoms with van der Waals surface area (Å²) in [5.41, 5.74) is 1.23. The van der Waals surface area contributed by atoms with Crippen molar-refractivity contribution >= 4 is 0 Å². The molecule has 0 aliphatic carbocycles. The van der Waals surface area contributed by atoms with Gasteiger partial charge in [-0.25, -0.2) is 4.39 Å². The first-order valence-electron chi connectivity index (χ1n) is 4.94. The molecule has 2 aromatic rings. The van der Waals surface area contributed by atoms with Crippen molar-refractivity contribution in [3.8, 4) is 0 Å². The first-order chi connectivity index (χ1) is 7.75. The predicted octanol–water partition coefficient (Wildman–Crippen LogP) is 1.89. The van der Waals surface area contributed by atoms with Crippen molar-refractivity contribution in [1.29, 1.82) is 0 Å². The largest absolute Gasteiger partial charge is 0.388 e. The lowest BCUT2D eigenvalue weighted by Gasteiger charge is -2.09. The monoisotopic (exact) mass is 218 g/mol. The van der Waals surface area contributed by atoms with Gasteiger partial charge in [0, 0.05) is 30.1 Å². The molecule has 0 amide bonds. The minimum absolute atomic E-state index is 0.353. The summed E-state index contributed by atoms with van der Waals surface area (Å²) in [4.78, 5) is 7.78. The molecular weight excluding hydrogens is 207 g/mol. The van der Waals surface area contributed by atoms with Gasteiger partial charge in [0.1, 0.15) is 5.82 Å². The molecule has 2 aromatic heterocycles. The van der Waals surface area contributed by atoms with Gasteiger partial charge in [0.15, 0.2) is 0 Å². The van der Waals surface area contributed by atoms with Crippen LogP contribution in [0.1, 0.15) is 17.4 Å². The Morgan fingerprint density at radius 2 is 2.19 bits per heavy atom. The molecule has 0 saturated carbocycles. The third-order valence-electron chi connectivity index (χ3n) is 2.24. The summed E-state index contributed by atoms with van der Waals surface area (Å²) in [6.07, 6.45) is 3.80. The van der Waals surface area contributed by atoms with Crippen LogP contribution >= 0.6 is 0 Å². The van der Waals surface area contributed by atoms with Crippen LogP contribution in [0, 0.1) is 5.82 Å². The van der Waals surface area contributed by atoms with Gasteiger partial charge in [-0.15, -0.1) is 0 Å². The maximum Gasteiger partial charge on any atom is 0.141 e. The molecule has 16 heavy (non-hydrogen) atoms. The van der Waals surface area contributed by atoms with Crippen molar-refractivity contribution in [3.63, 3.8) is 0 Å². The quantitative estimate of drug-likeness (QED) is 0.855. The van der Waals surface area contributed by atoms with Gasteiger partial charge >= 0.3 is 0 Å². The zero-order valence-corrected chi connectivity index (χ0v) is 8.55. The highest BCUT2D eigenvalue weighted by Gasteiger charge is 2.10. The highest BCUT2D eigenvalue weighted by molar-refractivity contribution is 5.16. The third kappa shape index (κ3) is 2.61. The molecule has 2 rings (SSSR count). The summed E-state index contributed by atoms with van der Waals surface area (Å²) in [6.45, 7) is 0. The normalized spacial score (nSPS) is 12.4. The number of hydrogen-bond donors (Lipinski definition) is 1. The summed E-state index contributed by atoms with van der Waals surface area (Å²) in [5.74, 6) is -0.447. The summed E-state index contributed by atoms with van der Waals surface area (Å²) < 4.78 is 12.9. The van der Waals surface area contributed by atoms with Gasteiger partial charge in [-0.05, 0) is 18.2 Å². The molecule has 0 aliphatic heterocycles. The molecule has 0 radical (unpaired) electrons. The van der Waals surface area contributed by atoms with Gasteiger partial charge in [0.05, 0.1) is 12.3 Å². The van der Waals surface area contributed by atoms with Gasteiger partial charge in [0.2, 0.25) is 0 Å². The number of aliphatic hydroxyl groups excluding tert-OH is 1. The van der Waals surface area contributed by atoms with E-state index >= 15 is 0 Å². The van der Waals surface area contributed by atoms with Gasteiger partial charge in [-0.2, -0.15) is 0 Å². The third-order valence-corrected chi connectivity index (χ3v) is 2.24. The van der Waals surface area contributed by atoms with E-state index in [1.165, 1.54) is 12.3 Å². The maximum atomic E-state index is 12.9. The highest BCUT2D eigenvalue weighted by atomic mass is 19.1. The average Bonchev–Trinajstić information content (AvgIpc) is 2.30. The number of rotatable bonds is 3. The molecule has 4 heteroatoms. The molecule has 0 bridgehead atoms. The molecule has 0 spiro atoms. The molecule has 2 heterocycles. The van der Waals surface area contributed by atoms with Gasteiger partial charge in [-0.3, -0.25) is 9.97 Å². The Balaban J connectivity index is 2.12. The fourth-order valence-corrected chi connectivity index (χ4v) is 1.45. The van der Waals surface area contributed by atoms with Crippen molar-refractivity contribution in [3.05, 3.63) is 59.9 Å². The van der Waals surface area contributed by atoms with Crippen LogP contribution in [0.25, 0.3) is 0 Å². The zero-order chi connectivity index (χ0) is 11.4. The second-order valence-electron chi connectivity index (χ2n) is 3.48. The molecular formula is C12H11FN2O. The molecule has 0 aliphatic rings. The van der Waals surface area contributed by atoms with Crippen molar-refractivity contribution in [2.24, 2.45) is 0 Å². The van der Waals surface area contributed by atoms with E-state index in [0.717, 1.165) is 11.9 Å². The summed E-state index contributed by atoms with van der Waals surface area (Å²) in [6, 6.07) is 6.75. The summed E-state index contributed by atoms with van der Waals surface area (Å²) in [7, 11) is 0. The van der Waals surface area contributed by atoms with Crippen molar-refractivity contribution in [1.82, 2.24) is 9.97 Å². The average molecular weight is 218 g/mol. The molecule has 0 aromatic carbocycles. The van der Waals surface area contributed by atoms with E-state index in [9.17, 15) is 9.50 Å². The Kier molecular flexibility index (Phi) is 3.22. The fourth-order valence-electron chi connectivity index (χ4n) is 1.45. The van der Waals surface area contributed by atoms with E-state index in [1.807, 2.05) is 12.1 Å². The molecule has 0 fully saturated rings. The molecule has 82 valence electrons. The van der Waals surface area contributed by atoms with Crippen LogP contribution in [0.2, 0.25) is 0 Å². The topological polar surface area (TPSA) is 46.0 Å². The first kappa shape index (κ1) is 10.7. The standard InChI is InChI=1S/C12H11FN2O/c13-10-5-9(7-14-8-10)12(16)6-11-3-1-2-4-15-11/h1-5,7-8,12,16H,6H2. The number of aromatic nitrogens is 2. The minimum atomic E-state index is -0.780. The Labute approximate surface area is 92.6 Å². The SMILES string of the molecule is OC(Cc1ccccn1)c1cncc(F)c1. The summed E-state index contributed by atoms with van der Waals surface area (Å²) >= 11 is 0. The van der Waals surface area contributed by atoms with Crippen LogP contribution in [0.5, 0.6) is 0 Å². The van der Waals surface area contributed by atoms with Crippen molar-refractivity contribution in [2.75, 3.05) is 0 Å². The molecule has 0 saturated heterocycles. The Bertz CT molecular complexity index is 462. The zero-order valence-electron chi connectivity index (χ0n) is 8.55. The minimum Gasteiger partial charge on any atom is -0.388 e. The van der Waals surface area contributed by atoms with Crippen LogP contribution in [0.4, 0.5) is 4.39 Å². The maximum absolute atomic E-state index is 12.9. The second-order valence-corrected chi connectivity index (χ2v) is 3.48. The highest BCUT2D eigenvalue weighted by Crippen LogP contribution is 2.16. The van der Waals surface area contributed by atoms with Crippen LogP contribution in [-0.4, -0.2) is 15.1 Å². The molecule has 1 atom stereocenters. The first-order valence-corrected chi connectivity index (χ1v) is 4.94. The van der Waals surface area contributed by atoms with Crippen LogP contribution < -0.4 is 0 Å². The lowest BCUT2D eigenvalue weighted by atomic mass is 10.1. The Morgan fingerprint density at radius 3 is 2.88 bits per heavy atom. The van der Waals surface area contributed by atoms with Crippen LogP contribution in [-0.2, 0) is 6.42 Å². The van der Waals surface area contributed by atoms with E-state index in [-0.39, 0.29) is 0 Å². The lowest BCUT2D eigenvalue weighted by Crippen LogP contribution is -2.04. The Hall–Kier alpha value is -1.81. The fraction of sp³-hybridized carbons (Fsp3) is 0.167. The van der Waals surface area contributed by atoms with Gasteiger partial charge in [-0.1, -0.05) is 6.07 Å². The lowest BCUT2D eigenvalue weighted by molar-refractivity contribution is 0.176. The number of hydrogen-bond acceptors (Lipinski definition) is 3. The van der Waals surface area contributed by atoms with Crippen LogP contribution in [0.15, 0.2) is 42.9 Å². The van der Waals surface area contributed by atoms with E-state index in [2.05, 4.69) is 9.97 Å².